The highest BCUT2D eigenvalue weighted by Crippen LogP contribution is 2.25. The Bertz CT molecular complexity index is 540. The lowest BCUT2D eigenvalue weighted by atomic mass is 9.85. The zero-order valence-electron chi connectivity index (χ0n) is 11.6. The summed E-state index contributed by atoms with van der Waals surface area (Å²) in [5.74, 6) is -1.11. The average molecular weight is 355 g/mol. The Kier molecular flexibility index (Phi) is 5.36. The minimum absolute atomic E-state index is 0.0182. The molecule has 0 spiro atoms. The quantitative estimate of drug-likeness (QED) is 0.756. The first-order chi connectivity index (χ1) is 9.97. The molecule has 1 amide bonds. The van der Waals surface area contributed by atoms with E-state index in [1.54, 1.807) is 12.1 Å². The van der Waals surface area contributed by atoms with E-state index in [0.717, 1.165) is 35.7 Å². The van der Waals surface area contributed by atoms with Crippen molar-refractivity contribution in [1.82, 2.24) is 5.32 Å². The molecule has 2 rings (SSSR count). The van der Waals surface area contributed by atoms with Gasteiger partial charge in [0.2, 0.25) is 5.91 Å². The molecule has 114 valence electrons. The van der Waals surface area contributed by atoms with Crippen LogP contribution in [-0.2, 0) is 11.3 Å². The lowest BCUT2D eigenvalue weighted by Crippen LogP contribution is -2.36. The summed E-state index contributed by atoms with van der Waals surface area (Å²) in [6.45, 7) is 0.673. The van der Waals surface area contributed by atoms with Gasteiger partial charge in [-0.15, -0.1) is 0 Å². The summed E-state index contributed by atoms with van der Waals surface area (Å²) in [5.41, 5.74) is 6.62. The van der Waals surface area contributed by atoms with Gasteiger partial charge in [0.05, 0.1) is 5.56 Å². The van der Waals surface area contributed by atoms with Crippen molar-refractivity contribution in [1.29, 1.82) is 0 Å². The van der Waals surface area contributed by atoms with Gasteiger partial charge in [-0.05, 0) is 43.4 Å². The normalized spacial score (nSPS) is 22.0. The highest BCUT2D eigenvalue weighted by Gasteiger charge is 2.24. The Morgan fingerprint density at radius 1 is 1.29 bits per heavy atom. The molecule has 1 aromatic rings. The number of rotatable bonds is 5. The van der Waals surface area contributed by atoms with Crippen LogP contribution >= 0.6 is 15.9 Å². The van der Waals surface area contributed by atoms with Crippen LogP contribution < -0.4 is 11.1 Å². The number of carboxylic acid groups (broad SMARTS) is 1. The van der Waals surface area contributed by atoms with Gasteiger partial charge in [-0.2, -0.15) is 0 Å². The van der Waals surface area contributed by atoms with Crippen molar-refractivity contribution in [2.45, 2.75) is 38.3 Å². The van der Waals surface area contributed by atoms with E-state index in [2.05, 4.69) is 21.2 Å². The Morgan fingerprint density at radius 2 is 1.95 bits per heavy atom. The summed E-state index contributed by atoms with van der Waals surface area (Å²) >= 11 is 3.40. The molecule has 1 aromatic carbocycles. The summed E-state index contributed by atoms with van der Waals surface area (Å²) in [7, 11) is 0. The van der Waals surface area contributed by atoms with Crippen LogP contribution in [0.15, 0.2) is 22.7 Å². The van der Waals surface area contributed by atoms with Crippen molar-refractivity contribution in [3.63, 3.8) is 0 Å². The summed E-state index contributed by atoms with van der Waals surface area (Å²) in [5, 5.41) is 12.4. The van der Waals surface area contributed by atoms with E-state index in [1.807, 2.05) is 6.07 Å². The van der Waals surface area contributed by atoms with Crippen LogP contribution in [-0.4, -0.2) is 23.0 Å². The first-order valence-corrected chi connectivity index (χ1v) is 7.81. The number of carbonyl (C=O) groups is 2. The Morgan fingerprint density at radius 3 is 2.48 bits per heavy atom. The van der Waals surface area contributed by atoms with E-state index < -0.39 is 5.97 Å². The number of hydrogen-bond acceptors (Lipinski definition) is 3. The molecule has 1 saturated carbocycles. The number of halogens is 1. The molecule has 21 heavy (non-hydrogen) atoms. The number of carbonyl (C=O) groups excluding carboxylic acids is 1. The molecular formula is C15H19BrN2O3. The van der Waals surface area contributed by atoms with Crippen LogP contribution in [0, 0.1) is 5.92 Å². The topological polar surface area (TPSA) is 92.4 Å². The van der Waals surface area contributed by atoms with Crippen LogP contribution in [0.4, 0.5) is 0 Å². The van der Waals surface area contributed by atoms with Gasteiger partial charge in [-0.25, -0.2) is 4.79 Å². The molecular weight excluding hydrogens is 336 g/mol. The van der Waals surface area contributed by atoms with Gasteiger partial charge < -0.3 is 16.2 Å². The van der Waals surface area contributed by atoms with E-state index in [1.165, 1.54) is 0 Å². The summed E-state index contributed by atoms with van der Waals surface area (Å²) in [6, 6.07) is 5.42. The van der Waals surface area contributed by atoms with E-state index in [0.29, 0.717) is 12.6 Å². The number of aromatic carboxylic acids is 1. The fraction of sp³-hybridized carbons (Fsp3) is 0.467. The van der Waals surface area contributed by atoms with Crippen LogP contribution in [0.25, 0.3) is 0 Å². The number of carboxylic acids is 1. The van der Waals surface area contributed by atoms with Gasteiger partial charge in [0.25, 0.3) is 0 Å². The van der Waals surface area contributed by atoms with Crippen molar-refractivity contribution in [3.8, 4) is 0 Å². The maximum atomic E-state index is 11.1. The fourth-order valence-electron chi connectivity index (χ4n) is 2.66. The average Bonchev–Trinajstić information content (AvgIpc) is 2.46. The molecule has 1 aliphatic rings. The molecule has 0 radical (unpaired) electrons. The molecule has 0 heterocycles. The third-order valence-corrected chi connectivity index (χ3v) is 4.75. The smallest absolute Gasteiger partial charge is 0.335 e. The Labute approximate surface area is 132 Å². The lowest BCUT2D eigenvalue weighted by Gasteiger charge is -2.27. The number of hydrogen-bond donors (Lipinski definition) is 3. The summed E-state index contributed by atoms with van der Waals surface area (Å²) < 4.78 is 0.792. The lowest BCUT2D eigenvalue weighted by molar-refractivity contribution is -0.122. The van der Waals surface area contributed by atoms with Gasteiger partial charge in [-0.3, -0.25) is 4.79 Å². The number of nitrogens with two attached hydrogens (primary N) is 1. The molecule has 1 aliphatic carbocycles. The van der Waals surface area contributed by atoms with Crippen molar-refractivity contribution in [2.24, 2.45) is 11.7 Å². The number of amides is 1. The maximum Gasteiger partial charge on any atom is 0.335 e. The van der Waals surface area contributed by atoms with Crippen molar-refractivity contribution < 1.29 is 14.7 Å². The third kappa shape index (κ3) is 4.28. The summed E-state index contributed by atoms with van der Waals surface area (Å²) in [6.07, 6.45) is 3.56. The zero-order valence-corrected chi connectivity index (χ0v) is 13.2. The molecule has 1 fully saturated rings. The van der Waals surface area contributed by atoms with Crippen molar-refractivity contribution in [3.05, 3.63) is 33.8 Å². The van der Waals surface area contributed by atoms with Gasteiger partial charge in [0.1, 0.15) is 0 Å². The summed E-state index contributed by atoms with van der Waals surface area (Å²) in [4.78, 5) is 22.0. The second-order valence-corrected chi connectivity index (χ2v) is 6.30. The van der Waals surface area contributed by atoms with Gasteiger partial charge in [-0.1, -0.05) is 22.0 Å². The van der Waals surface area contributed by atoms with Crippen LogP contribution in [0.2, 0.25) is 0 Å². The van der Waals surface area contributed by atoms with E-state index >= 15 is 0 Å². The molecule has 0 aliphatic heterocycles. The minimum Gasteiger partial charge on any atom is -0.478 e. The molecule has 0 atom stereocenters. The fourth-order valence-corrected chi connectivity index (χ4v) is 3.18. The Balaban J connectivity index is 1.87. The maximum absolute atomic E-state index is 11.1. The molecule has 0 aromatic heterocycles. The van der Waals surface area contributed by atoms with E-state index in [9.17, 15) is 9.59 Å². The first kappa shape index (κ1) is 16.0. The molecule has 5 nitrogen and oxygen atoms in total. The minimum atomic E-state index is -0.931. The second-order valence-electron chi connectivity index (χ2n) is 5.44. The molecule has 0 bridgehead atoms. The predicted octanol–water partition coefficient (Wildman–Crippen LogP) is 2.28. The monoisotopic (exact) mass is 354 g/mol. The predicted molar refractivity (Wildman–Crippen MR) is 82.9 cm³/mol. The van der Waals surface area contributed by atoms with Crippen LogP contribution in [0.3, 0.4) is 0 Å². The third-order valence-electron chi connectivity index (χ3n) is 4.01. The number of nitrogens with one attached hydrogen (secondary N) is 1. The largest absolute Gasteiger partial charge is 0.478 e. The number of primary amides is 1. The highest BCUT2D eigenvalue weighted by molar-refractivity contribution is 9.10. The first-order valence-electron chi connectivity index (χ1n) is 7.01. The SMILES string of the molecule is NC(=O)C1CCC(NCc2ccc(C(=O)O)cc2Br)CC1. The van der Waals surface area contributed by atoms with Gasteiger partial charge >= 0.3 is 5.97 Å². The Hall–Kier alpha value is -1.40. The van der Waals surface area contributed by atoms with Gasteiger partial charge in [0.15, 0.2) is 0 Å². The zero-order chi connectivity index (χ0) is 15.4. The molecule has 4 N–H and O–H groups in total. The van der Waals surface area contributed by atoms with Crippen molar-refractivity contribution in [2.75, 3.05) is 0 Å². The standard InChI is InChI=1S/C15H19BrN2O3/c16-13-7-10(15(20)21)1-2-11(13)8-18-12-5-3-9(4-6-12)14(17)19/h1-2,7,9,12,18H,3-6,8H2,(H2,17,19)(H,20,21). The molecule has 0 unspecified atom stereocenters. The van der Waals surface area contributed by atoms with E-state index in [-0.39, 0.29) is 17.4 Å². The number of benzene rings is 1. The molecule has 6 heteroatoms. The highest BCUT2D eigenvalue weighted by atomic mass is 79.9. The van der Waals surface area contributed by atoms with Crippen LogP contribution in [0.1, 0.15) is 41.6 Å². The van der Waals surface area contributed by atoms with E-state index in [4.69, 9.17) is 10.8 Å². The molecule has 0 saturated heterocycles. The van der Waals surface area contributed by atoms with Gasteiger partial charge in [0, 0.05) is 23.0 Å². The van der Waals surface area contributed by atoms with Crippen LogP contribution in [0.5, 0.6) is 0 Å². The second kappa shape index (κ2) is 7.04. The van der Waals surface area contributed by atoms with Crippen molar-refractivity contribution >= 4 is 27.8 Å².